The lowest BCUT2D eigenvalue weighted by Crippen LogP contribution is -2.41. The van der Waals surface area contributed by atoms with Crippen molar-refractivity contribution in [3.63, 3.8) is 0 Å². The van der Waals surface area contributed by atoms with Crippen molar-refractivity contribution in [1.82, 2.24) is 30.4 Å². The van der Waals surface area contributed by atoms with Crippen molar-refractivity contribution in [3.8, 4) is 17.1 Å². The van der Waals surface area contributed by atoms with Crippen LogP contribution in [-0.2, 0) is 17.6 Å². The number of hydrogen-bond donors (Lipinski definition) is 2. The first kappa shape index (κ1) is 22.5. The van der Waals surface area contributed by atoms with Crippen LogP contribution in [0.4, 0.5) is 4.79 Å². The van der Waals surface area contributed by atoms with E-state index in [9.17, 15) is 9.59 Å². The van der Waals surface area contributed by atoms with Gasteiger partial charge in [0.05, 0.1) is 10.9 Å². The molecule has 1 atom stereocenters. The number of carbonyl (C=O) groups is 2. The lowest BCUT2D eigenvalue weighted by atomic mass is 10.0. The number of aryl methyl sites for hydroxylation is 2. The number of rotatable bonds is 7. The lowest BCUT2D eigenvalue weighted by molar-refractivity contribution is -0.119. The van der Waals surface area contributed by atoms with Crippen LogP contribution < -0.4 is 10.6 Å². The van der Waals surface area contributed by atoms with Crippen molar-refractivity contribution in [2.24, 2.45) is 0 Å². The van der Waals surface area contributed by atoms with Crippen LogP contribution in [-0.4, -0.2) is 44.0 Å². The minimum Gasteiger partial charge on any atom is -0.341 e. The zero-order valence-electron chi connectivity index (χ0n) is 18.0. The van der Waals surface area contributed by atoms with E-state index in [1.165, 1.54) is 18.8 Å². The molecule has 31 heavy (non-hydrogen) atoms. The molecule has 0 aliphatic heterocycles. The van der Waals surface area contributed by atoms with Crippen molar-refractivity contribution in [2.45, 2.75) is 44.0 Å². The molecular formula is C22H26N6O2S. The summed E-state index contributed by atoms with van der Waals surface area (Å²) >= 11 is 1.26. The molecule has 1 unspecified atom stereocenters. The monoisotopic (exact) mass is 438 g/mol. The van der Waals surface area contributed by atoms with E-state index in [-0.39, 0.29) is 0 Å². The second-order valence-electron chi connectivity index (χ2n) is 6.84. The predicted octanol–water partition coefficient (Wildman–Crippen LogP) is 3.39. The van der Waals surface area contributed by atoms with Crippen LogP contribution in [0.25, 0.3) is 17.1 Å². The summed E-state index contributed by atoms with van der Waals surface area (Å²) in [4.78, 5) is 28.2. The summed E-state index contributed by atoms with van der Waals surface area (Å²) < 4.78 is 2.00. The topological polar surface area (TPSA) is 102 Å². The Morgan fingerprint density at radius 3 is 2.39 bits per heavy atom. The normalized spacial score (nSPS) is 11.7. The molecule has 3 rings (SSSR count). The number of amides is 3. The Labute approximate surface area is 185 Å². The number of imide groups is 1. The Morgan fingerprint density at radius 2 is 1.81 bits per heavy atom. The summed E-state index contributed by atoms with van der Waals surface area (Å²) in [5, 5.41) is 13.6. The van der Waals surface area contributed by atoms with Gasteiger partial charge in [0.25, 0.3) is 0 Å². The molecule has 0 radical (unpaired) electrons. The number of nitrogens with one attached hydrogen (secondary N) is 2. The molecule has 0 bridgehead atoms. The van der Waals surface area contributed by atoms with E-state index in [4.69, 9.17) is 0 Å². The van der Waals surface area contributed by atoms with Gasteiger partial charge in [0, 0.05) is 25.0 Å². The number of para-hydroxylation sites is 1. The maximum Gasteiger partial charge on any atom is 0.321 e. The van der Waals surface area contributed by atoms with Crippen LogP contribution in [0.15, 0.2) is 47.9 Å². The molecule has 2 N–H and O–H groups in total. The SMILES string of the molecule is CCc1cccc(CC)c1-n1c(SC(C)C(=O)NC(=O)NC)nnc1-c1cccnc1. The first-order chi connectivity index (χ1) is 15.0. The smallest absolute Gasteiger partial charge is 0.321 e. The van der Waals surface area contributed by atoms with E-state index in [1.807, 2.05) is 16.7 Å². The summed E-state index contributed by atoms with van der Waals surface area (Å²) in [5.74, 6) is 0.256. The first-order valence-electron chi connectivity index (χ1n) is 10.2. The van der Waals surface area contributed by atoms with Crippen LogP contribution in [0, 0.1) is 0 Å². The number of pyridine rings is 1. The minimum atomic E-state index is -0.555. The molecule has 2 aromatic heterocycles. The Bertz CT molecular complexity index is 1040. The van der Waals surface area contributed by atoms with Gasteiger partial charge < -0.3 is 5.32 Å². The lowest BCUT2D eigenvalue weighted by Gasteiger charge is -2.19. The zero-order valence-corrected chi connectivity index (χ0v) is 18.9. The molecule has 0 spiro atoms. The summed E-state index contributed by atoms with van der Waals surface area (Å²) in [7, 11) is 1.46. The van der Waals surface area contributed by atoms with E-state index >= 15 is 0 Å². The molecule has 0 saturated heterocycles. The molecule has 162 valence electrons. The molecule has 0 saturated carbocycles. The number of aromatic nitrogens is 4. The van der Waals surface area contributed by atoms with Crippen LogP contribution in [0.5, 0.6) is 0 Å². The number of thioether (sulfide) groups is 1. The molecule has 0 fully saturated rings. The van der Waals surface area contributed by atoms with Gasteiger partial charge in [-0.15, -0.1) is 10.2 Å². The van der Waals surface area contributed by atoms with Gasteiger partial charge in [0.1, 0.15) is 0 Å². The Kier molecular flexibility index (Phi) is 7.41. The number of benzene rings is 1. The number of urea groups is 1. The summed E-state index contributed by atoms with van der Waals surface area (Å²) in [5.41, 5.74) is 4.18. The molecule has 3 amide bonds. The van der Waals surface area contributed by atoms with E-state index in [0.29, 0.717) is 11.0 Å². The fourth-order valence-electron chi connectivity index (χ4n) is 3.22. The molecule has 1 aromatic carbocycles. The van der Waals surface area contributed by atoms with Crippen LogP contribution in [0.2, 0.25) is 0 Å². The van der Waals surface area contributed by atoms with Crippen LogP contribution in [0.1, 0.15) is 31.9 Å². The second kappa shape index (κ2) is 10.2. The quantitative estimate of drug-likeness (QED) is 0.548. The van der Waals surface area contributed by atoms with Gasteiger partial charge in [0.15, 0.2) is 11.0 Å². The predicted molar refractivity (Wildman–Crippen MR) is 121 cm³/mol. The number of carbonyl (C=O) groups excluding carboxylic acids is 2. The van der Waals surface area contributed by atoms with E-state index < -0.39 is 17.2 Å². The fraction of sp³-hybridized carbons (Fsp3) is 0.318. The molecule has 0 aliphatic carbocycles. The highest BCUT2D eigenvalue weighted by molar-refractivity contribution is 8.00. The molecule has 9 heteroatoms. The minimum absolute atomic E-state index is 0.402. The highest BCUT2D eigenvalue weighted by Crippen LogP contribution is 2.33. The molecular weight excluding hydrogens is 412 g/mol. The zero-order chi connectivity index (χ0) is 22.4. The van der Waals surface area contributed by atoms with Gasteiger partial charge in [-0.1, -0.05) is 43.8 Å². The van der Waals surface area contributed by atoms with Crippen molar-refractivity contribution < 1.29 is 9.59 Å². The Hall–Kier alpha value is -3.20. The standard InChI is InChI=1S/C22H26N6O2S/c1-5-15-9-7-10-16(6-2)18(15)28-19(17-11-8-12-24-13-17)26-27-22(28)31-14(3)20(29)25-21(30)23-4/h7-14H,5-6H2,1-4H3,(H2,23,25,29,30). The average Bonchev–Trinajstić information content (AvgIpc) is 3.21. The molecule has 2 heterocycles. The summed E-state index contributed by atoms with van der Waals surface area (Å²) in [6.45, 7) is 5.95. The summed E-state index contributed by atoms with van der Waals surface area (Å²) in [6, 6.07) is 9.49. The van der Waals surface area contributed by atoms with Gasteiger partial charge in [-0.05, 0) is 43.0 Å². The van der Waals surface area contributed by atoms with Gasteiger partial charge in [0.2, 0.25) is 5.91 Å². The van der Waals surface area contributed by atoms with Crippen LogP contribution in [0.3, 0.4) is 0 Å². The molecule has 3 aromatic rings. The third-order valence-corrected chi connectivity index (χ3v) is 5.90. The fourth-order valence-corrected chi connectivity index (χ4v) is 4.07. The Morgan fingerprint density at radius 1 is 1.10 bits per heavy atom. The van der Waals surface area contributed by atoms with Crippen molar-refractivity contribution in [3.05, 3.63) is 53.9 Å². The second-order valence-corrected chi connectivity index (χ2v) is 8.15. The Balaban J connectivity index is 2.12. The van der Waals surface area contributed by atoms with Crippen molar-refractivity contribution in [1.29, 1.82) is 0 Å². The third-order valence-electron chi connectivity index (χ3n) is 4.86. The third kappa shape index (κ3) is 4.93. The number of nitrogens with zero attached hydrogens (tertiary/aromatic N) is 4. The average molecular weight is 439 g/mol. The maximum absolute atomic E-state index is 12.4. The van der Waals surface area contributed by atoms with Gasteiger partial charge >= 0.3 is 6.03 Å². The number of hydrogen-bond acceptors (Lipinski definition) is 6. The molecule has 8 nitrogen and oxygen atoms in total. The van der Waals surface area contributed by atoms with Crippen LogP contribution >= 0.6 is 11.8 Å². The van der Waals surface area contributed by atoms with Crippen molar-refractivity contribution >= 4 is 23.7 Å². The van der Waals surface area contributed by atoms with Gasteiger partial charge in [-0.3, -0.25) is 19.7 Å². The van der Waals surface area contributed by atoms with E-state index in [1.54, 1.807) is 19.3 Å². The molecule has 0 aliphatic rings. The maximum atomic E-state index is 12.4. The van der Waals surface area contributed by atoms with Crippen molar-refractivity contribution in [2.75, 3.05) is 7.05 Å². The summed E-state index contributed by atoms with van der Waals surface area (Å²) in [6.07, 6.45) is 5.13. The largest absolute Gasteiger partial charge is 0.341 e. The van der Waals surface area contributed by atoms with Gasteiger partial charge in [-0.25, -0.2) is 4.79 Å². The highest BCUT2D eigenvalue weighted by atomic mass is 32.2. The van der Waals surface area contributed by atoms with E-state index in [0.717, 1.165) is 35.2 Å². The highest BCUT2D eigenvalue weighted by Gasteiger charge is 2.24. The first-order valence-corrected chi connectivity index (χ1v) is 11.0. The van der Waals surface area contributed by atoms with E-state index in [2.05, 4.69) is 57.9 Å². The van der Waals surface area contributed by atoms with Gasteiger partial charge in [-0.2, -0.15) is 0 Å².